The predicted molar refractivity (Wildman–Crippen MR) is 88.0 cm³/mol. The Morgan fingerprint density at radius 3 is 2.65 bits per heavy atom. The van der Waals surface area contributed by atoms with Crippen molar-refractivity contribution in [3.05, 3.63) is 46.2 Å². The fraction of sp³-hybridized carbons (Fsp3) is 0.333. The molecule has 0 bridgehead atoms. The number of likely N-dealkylation sites (tertiary alicyclic amines) is 1. The molecule has 0 unspecified atom stereocenters. The lowest BCUT2D eigenvalue weighted by Gasteiger charge is -2.31. The molecule has 0 spiro atoms. The lowest BCUT2D eigenvalue weighted by Crippen LogP contribution is -2.37. The van der Waals surface area contributed by atoms with Crippen molar-refractivity contribution in [1.29, 1.82) is 0 Å². The van der Waals surface area contributed by atoms with Crippen molar-refractivity contribution in [3.8, 4) is 0 Å². The molecule has 0 atom stereocenters. The predicted octanol–water partition coefficient (Wildman–Crippen LogP) is 2.86. The average molecular weight is 348 g/mol. The van der Waals surface area contributed by atoms with Crippen molar-refractivity contribution in [2.75, 3.05) is 13.1 Å². The Bertz CT molecular complexity index is 807. The highest BCUT2D eigenvalue weighted by Crippen LogP contribution is 2.31. The van der Waals surface area contributed by atoms with Gasteiger partial charge < -0.3 is 4.90 Å². The molecule has 1 aromatic carbocycles. The van der Waals surface area contributed by atoms with E-state index in [2.05, 4.69) is 15.3 Å². The molecule has 0 saturated carbocycles. The maximum atomic E-state index is 12.5. The number of carbonyl (C=O) groups excluding carboxylic acids is 1. The lowest BCUT2D eigenvalue weighted by molar-refractivity contribution is 0.0713. The standard InChI is InChI=1S/C15H14ClN5OS/c16-12-3-1-11(2-4-12)14(22)20-7-5-10(6-8-20)13-19-21-9-17-18-15(21)23-13/h1-4,9-10H,5-8H2. The molecule has 8 heteroatoms. The first-order chi connectivity index (χ1) is 11.2. The van der Waals surface area contributed by atoms with Gasteiger partial charge in [-0.2, -0.15) is 9.61 Å². The van der Waals surface area contributed by atoms with Crippen LogP contribution in [0.3, 0.4) is 0 Å². The Morgan fingerprint density at radius 1 is 1.22 bits per heavy atom. The van der Waals surface area contributed by atoms with E-state index in [4.69, 9.17) is 11.6 Å². The first-order valence-electron chi connectivity index (χ1n) is 7.42. The van der Waals surface area contributed by atoms with E-state index in [0.29, 0.717) is 16.5 Å². The molecule has 0 radical (unpaired) electrons. The van der Waals surface area contributed by atoms with E-state index in [0.717, 1.165) is 35.9 Å². The third-order valence-electron chi connectivity index (χ3n) is 4.13. The van der Waals surface area contributed by atoms with Gasteiger partial charge in [-0.25, -0.2) is 0 Å². The molecule has 1 fully saturated rings. The van der Waals surface area contributed by atoms with Crippen LogP contribution in [0.5, 0.6) is 0 Å². The van der Waals surface area contributed by atoms with Crippen LogP contribution in [0.25, 0.3) is 4.96 Å². The first kappa shape index (κ1) is 14.6. The Labute approximate surface area is 141 Å². The molecule has 3 heterocycles. The summed E-state index contributed by atoms with van der Waals surface area (Å²) in [5.41, 5.74) is 0.687. The second-order valence-electron chi connectivity index (χ2n) is 5.57. The number of fused-ring (bicyclic) bond motifs is 1. The highest BCUT2D eigenvalue weighted by Gasteiger charge is 2.26. The van der Waals surface area contributed by atoms with Gasteiger partial charge in [0, 0.05) is 29.6 Å². The van der Waals surface area contributed by atoms with Crippen LogP contribution in [-0.4, -0.2) is 43.7 Å². The molecule has 1 aliphatic rings. The summed E-state index contributed by atoms with van der Waals surface area (Å²) in [6.07, 6.45) is 3.46. The number of hydrogen-bond acceptors (Lipinski definition) is 5. The molecule has 118 valence electrons. The maximum absolute atomic E-state index is 12.5. The summed E-state index contributed by atoms with van der Waals surface area (Å²) in [5.74, 6) is 0.453. The minimum atomic E-state index is 0.0678. The highest BCUT2D eigenvalue weighted by atomic mass is 35.5. The molecule has 1 aliphatic heterocycles. The van der Waals surface area contributed by atoms with Crippen LogP contribution in [0.2, 0.25) is 5.02 Å². The summed E-state index contributed by atoms with van der Waals surface area (Å²) in [6.45, 7) is 1.48. The van der Waals surface area contributed by atoms with Crippen LogP contribution in [0.15, 0.2) is 30.6 Å². The van der Waals surface area contributed by atoms with Gasteiger partial charge in [0.05, 0.1) is 0 Å². The molecule has 0 aliphatic carbocycles. The number of halogens is 1. The van der Waals surface area contributed by atoms with Crippen LogP contribution >= 0.6 is 22.9 Å². The molecule has 1 saturated heterocycles. The maximum Gasteiger partial charge on any atom is 0.253 e. The zero-order valence-corrected chi connectivity index (χ0v) is 13.8. The summed E-state index contributed by atoms with van der Waals surface area (Å²) >= 11 is 7.45. The fourth-order valence-electron chi connectivity index (χ4n) is 2.84. The zero-order chi connectivity index (χ0) is 15.8. The van der Waals surface area contributed by atoms with Gasteiger partial charge in [-0.15, -0.1) is 10.2 Å². The van der Waals surface area contributed by atoms with Gasteiger partial charge in [0.2, 0.25) is 4.96 Å². The van der Waals surface area contributed by atoms with Gasteiger partial charge in [-0.05, 0) is 37.1 Å². The molecule has 4 rings (SSSR count). The van der Waals surface area contributed by atoms with E-state index in [-0.39, 0.29) is 5.91 Å². The molecular formula is C15H14ClN5OS. The monoisotopic (exact) mass is 347 g/mol. The van der Waals surface area contributed by atoms with Crippen molar-refractivity contribution in [1.82, 2.24) is 24.7 Å². The van der Waals surface area contributed by atoms with E-state index < -0.39 is 0 Å². The zero-order valence-electron chi connectivity index (χ0n) is 12.2. The largest absolute Gasteiger partial charge is 0.339 e. The van der Waals surface area contributed by atoms with Crippen molar-refractivity contribution in [2.45, 2.75) is 18.8 Å². The second-order valence-corrected chi connectivity index (χ2v) is 7.00. The van der Waals surface area contributed by atoms with Gasteiger partial charge in [-0.1, -0.05) is 22.9 Å². The van der Waals surface area contributed by atoms with Crippen LogP contribution in [0, 0.1) is 0 Å². The van der Waals surface area contributed by atoms with Gasteiger partial charge in [0.25, 0.3) is 5.91 Å². The van der Waals surface area contributed by atoms with Crippen molar-refractivity contribution >= 4 is 33.8 Å². The summed E-state index contributed by atoms with van der Waals surface area (Å²) in [6, 6.07) is 7.06. The smallest absolute Gasteiger partial charge is 0.253 e. The highest BCUT2D eigenvalue weighted by molar-refractivity contribution is 7.16. The van der Waals surface area contributed by atoms with E-state index in [1.165, 1.54) is 0 Å². The van der Waals surface area contributed by atoms with E-state index in [9.17, 15) is 4.79 Å². The quantitative estimate of drug-likeness (QED) is 0.715. The first-order valence-corrected chi connectivity index (χ1v) is 8.62. The van der Waals surface area contributed by atoms with Crippen LogP contribution in [0.1, 0.15) is 34.1 Å². The summed E-state index contributed by atoms with van der Waals surface area (Å²) in [5, 5.41) is 14.1. The summed E-state index contributed by atoms with van der Waals surface area (Å²) < 4.78 is 1.71. The Kier molecular flexibility index (Phi) is 3.74. The topological polar surface area (TPSA) is 63.4 Å². The van der Waals surface area contributed by atoms with E-state index in [1.54, 1.807) is 46.4 Å². The number of rotatable bonds is 2. The molecule has 3 aromatic rings. The SMILES string of the molecule is O=C(c1ccc(Cl)cc1)N1CCC(c2nn3cnnc3s2)CC1. The van der Waals surface area contributed by atoms with E-state index >= 15 is 0 Å². The number of hydrogen-bond donors (Lipinski definition) is 0. The number of nitrogens with zero attached hydrogens (tertiary/aromatic N) is 5. The van der Waals surface area contributed by atoms with Crippen molar-refractivity contribution < 1.29 is 4.79 Å². The second kappa shape index (κ2) is 5.90. The Balaban J connectivity index is 1.43. The van der Waals surface area contributed by atoms with Crippen LogP contribution in [0.4, 0.5) is 0 Å². The van der Waals surface area contributed by atoms with Crippen LogP contribution < -0.4 is 0 Å². The Morgan fingerprint density at radius 2 is 1.96 bits per heavy atom. The molecule has 2 aromatic heterocycles. The normalized spacial score (nSPS) is 16.1. The van der Waals surface area contributed by atoms with Crippen LogP contribution in [-0.2, 0) is 0 Å². The minimum absolute atomic E-state index is 0.0678. The molecule has 0 N–H and O–H groups in total. The molecule has 1 amide bonds. The number of piperidine rings is 1. The number of amides is 1. The number of carbonyl (C=O) groups is 1. The van der Waals surface area contributed by atoms with Crippen molar-refractivity contribution in [2.24, 2.45) is 0 Å². The minimum Gasteiger partial charge on any atom is -0.339 e. The average Bonchev–Trinajstić information content (AvgIpc) is 3.17. The van der Waals surface area contributed by atoms with Gasteiger partial charge >= 0.3 is 0 Å². The third-order valence-corrected chi connectivity index (χ3v) is 5.45. The number of benzene rings is 1. The van der Waals surface area contributed by atoms with Gasteiger partial charge in [0.1, 0.15) is 11.3 Å². The molecular weight excluding hydrogens is 334 g/mol. The Hall–Kier alpha value is -1.99. The van der Waals surface area contributed by atoms with Gasteiger partial charge in [0.15, 0.2) is 0 Å². The van der Waals surface area contributed by atoms with E-state index in [1.807, 2.05) is 4.90 Å². The molecule has 23 heavy (non-hydrogen) atoms. The molecule has 6 nitrogen and oxygen atoms in total. The van der Waals surface area contributed by atoms with Crippen molar-refractivity contribution in [3.63, 3.8) is 0 Å². The fourth-order valence-corrected chi connectivity index (χ4v) is 3.96. The third kappa shape index (κ3) is 2.82. The van der Waals surface area contributed by atoms with Gasteiger partial charge in [-0.3, -0.25) is 4.79 Å². The number of aromatic nitrogens is 4. The summed E-state index contributed by atoms with van der Waals surface area (Å²) in [7, 11) is 0. The summed E-state index contributed by atoms with van der Waals surface area (Å²) in [4.78, 5) is 15.2. The lowest BCUT2D eigenvalue weighted by atomic mass is 9.97.